The Morgan fingerprint density at radius 3 is 2.35 bits per heavy atom. The molecule has 0 unspecified atom stereocenters. The van der Waals surface area contributed by atoms with Crippen LogP contribution in [0.5, 0.6) is 0 Å². The number of rotatable bonds is 4. The minimum absolute atomic E-state index is 0.0471. The molecule has 102 valence electrons. The van der Waals surface area contributed by atoms with Crippen molar-refractivity contribution in [3.05, 3.63) is 53.9 Å². The van der Waals surface area contributed by atoms with Gasteiger partial charge in [-0.3, -0.25) is 9.78 Å². The quantitative estimate of drug-likeness (QED) is 0.846. The molecule has 0 saturated heterocycles. The molecule has 1 amide bonds. The van der Waals surface area contributed by atoms with Gasteiger partial charge in [0.25, 0.3) is 5.91 Å². The largest absolute Gasteiger partial charge is 0.478 e. The molecule has 0 spiro atoms. The number of hydrogen-bond acceptors (Lipinski definition) is 4. The van der Waals surface area contributed by atoms with Gasteiger partial charge in [0, 0.05) is 16.8 Å². The van der Waals surface area contributed by atoms with Gasteiger partial charge in [0.05, 0.1) is 5.56 Å². The van der Waals surface area contributed by atoms with E-state index in [4.69, 9.17) is 5.11 Å². The van der Waals surface area contributed by atoms with Crippen molar-refractivity contribution in [1.29, 1.82) is 0 Å². The topological polar surface area (TPSA) is 79.3 Å². The van der Waals surface area contributed by atoms with E-state index in [1.165, 1.54) is 12.1 Å². The van der Waals surface area contributed by atoms with Gasteiger partial charge in [-0.25, -0.2) is 4.79 Å². The lowest BCUT2D eigenvalue weighted by Crippen LogP contribution is -2.14. The Labute approximate surface area is 120 Å². The number of aromatic nitrogens is 1. The molecular weight excluding hydrogens is 276 g/mol. The van der Waals surface area contributed by atoms with Gasteiger partial charge in [0.1, 0.15) is 5.69 Å². The fraction of sp³-hybridized carbons (Fsp3) is 0.0714. The van der Waals surface area contributed by atoms with Crippen LogP contribution in [0.2, 0.25) is 0 Å². The van der Waals surface area contributed by atoms with Crippen LogP contribution in [0.3, 0.4) is 0 Å². The Morgan fingerprint density at radius 2 is 1.85 bits per heavy atom. The molecule has 0 atom stereocenters. The molecule has 0 radical (unpaired) electrons. The number of carboxylic acids is 1. The molecular formula is C14H12N2O3S. The normalized spacial score (nSPS) is 10.1. The predicted molar refractivity (Wildman–Crippen MR) is 77.4 cm³/mol. The van der Waals surface area contributed by atoms with Crippen LogP contribution in [0.4, 0.5) is 5.69 Å². The van der Waals surface area contributed by atoms with E-state index in [1.54, 1.807) is 23.9 Å². The van der Waals surface area contributed by atoms with E-state index in [0.29, 0.717) is 5.69 Å². The molecule has 0 saturated carbocycles. The van der Waals surface area contributed by atoms with Crippen LogP contribution in [0, 0.1) is 0 Å². The minimum Gasteiger partial charge on any atom is -0.478 e. The van der Waals surface area contributed by atoms with E-state index in [-0.39, 0.29) is 17.2 Å². The summed E-state index contributed by atoms with van der Waals surface area (Å²) in [6, 6.07) is 10.1. The monoisotopic (exact) mass is 288 g/mol. The van der Waals surface area contributed by atoms with Crippen molar-refractivity contribution in [3.63, 3.8) is 0 Å². The van der Waals surface area contributed by atoms with Crippen molar-refractivity contribution in [1.82, 2.24) is 4.98 Å². The average molecular weight is 288 g/mol. The molecule has 1 heterocycles. The first kappa shape index (κ1) is 14.1. The summed E-state index contributed by atoms with van der Waals surface area (Å²) >= 11 is 1.62. The zero-order valence-electron chi connectivity index (χ0n) is 10.7. The maximum absolute atomic E-state index is 11.9. The maximum Gasteiger partial charge on any atom is 0.337 e. The van der Waals surface area contributed by atoms with Gasteiger partial charge in [-0.2, -0.15) is 0 Å². The van der Waals surface area contributed by atoms with Crippen molar-refractivity contribution in [2.45, 2.75) is 4.90 Å². The van der Waals surface area contributed by atoms with Crippen LogP contribution >= 0.6 is 11.8 Å². The van der Waals surface area contributed by atoms with E-state index in [1.807, 2.05) is 18.4 Å². The standard InChI is InChI=1S/C14H12N2O3S/c1-20-11-5-3-10(4-6-11)16-13(17)12-7-2-9(8-15-12)14(18)19/h2-8H,1H3,(H,16,17)(H,18,19). The molecule has 5 nitrogen and oxygen atoms in total. The van der Waals surface area contributed by atoms with Crippen LogP contribution in [0.25, 0.3) is 0 Å². The Kier molecular flexibility index (Phi) is 4.37. The highest BCUT2D eigenvalue weighted by atomic mass is 32.2. The smallest absolute Gasteiger partial charge is 0.337 e. The Hall–Kier alpha value is -2.34. The summed E-state index contributed by atoms with van der Waals surface area (Å²) in [5, 5.41) is 11.5. The van der Waals surface area contributed by atoms with Crippen molar-refractivity contribution in [2.24, 2.45) is 0 Å². The van der Waals surface area contributed by atoms with Crippen LogP contribution in [0.15, 0.2) is 47.5 Å². The first-order valence-electron chi connectivity index (χ1n) is 5.75. The van der Waals surface area contributed by atoms with Gasteiger partial charge in [-0.15, -0.1) is 11.8 Å². The first-order chi connectivity index (χ1) is 9.60. The lowest BCUT2D eigenvalue weighted by Gasteiger charge is -2.05. The van der Waals surface area contributed by atoms with Gasteiger partial charge in [0.15, 0.2) is 0 Å². The highest BCUT2D eigenvalue weighted by Crippen LogP contribution is 2.17. The maximum atomic E-state index is 11.9. The molecule has 0 aliphatic heterocycles. The third-order valence-corrected chi connectivity index (χ3v) is 3.33. The second kappa shape index (κ2) is 6.21. The molecule has 0 aliphatic rings. The average Bonchev–Trinajstić information content (AvgIpc) is 2.48. The summed E-state index contributed by atoms with van der Waals surface area (Å²) in [6.45, 7) is 0. The Morgan fingerprint density at radius 1 is 1.15 bits per heavy atom. The molecule has 1 aromatic heterocycles. The van der Waals surface area contributed by atoms with Crippen molar-refractivity contribution < 1.29 is 14.7 Å². The molecule has 2 rings (SSSR count). The molecule has 0 aliphatic carbocycles. The number of hydrogen-bond donors (Lipinski definition) is 2. The SMILES string of the molecule is CSc1ccc(NC(=O)c2ccc(C(=O)O)cn2)cc1. The van der Waals surface area contributed by atoms with E-state index in [0.717, 1.165) is 11.1 Å². The Balaban J connectivity index is 2.08. The number of benzene rings is 1. The van der Waals surface area contributed by atoms with Crippen LogP contribution in [-0.2, 0) is 0 Å². The zero-order chi connectivity index (χ0) is 14.5. The summed E-state index contributed by atoms with van der Waals surface area (Å²) in [4.78, 5) is 27.6. The summed E-state index contributed by atoms with van der Waals surface area (Å²) in [7, 11) is 0. The number of carbonyl (C=O) groups is 2. The first-order valence-corrected chi connectivity index (χ1v) is 6.97. The number of nitrogens with zero attached hydrogens (tertiary/aromatic N) is 1. The molecule has 6 heteroatoms. The molecule has 2 aromatic rings. The Bertz CT molecular complexity index is 624. The second-order valence-corrected chi connectivity index (χ2v) is 4.80. The highest BCUT2D eigenvalue weighted by Gasteiger charge is 2.09. The number of thioether (sulfide) groups is 1. The van der Waals surface area contributed by atoms with E-state index < -0.39 is 5.97 Å². The van der Waals surface area contributed by atoms with Crippen LogP contribution in [0.1, 0.15) is 20.8 Å². The van der Waals surface area contributed by atoms with Gasteiger partial charge >= 0.3 is 5.97 Å². The molecule has 20 heavy (non-hydrogen) atoms. The lowest BCUT2D eigenvalue weighted by atomic mass is 10.2. The van der Waals surface area contributed by atoms with Crippen molar-refractivity contribution in [2.75, 3.05) is 11.6 Å². The molecule has 0 fully saturated rings. The number of carbonyl (C=O) groups excluding carboxylic acids is 1. The second-order valence-electron chi connectivity index (χ2n) is 3.92. The van der Waals surface area contributed by atoms with E-state index in [2.05, 4.69) is 10.3 Å². The van der Waals surface area contributed by atoms with Crippen LogP contribution in [-0.4, -0.2) is 28.2 Å². The van der Waals surface area contributed by atoms with Gasteiger partial charge < -0.3 is 10.4 Å². The van der Waals surface area contributed by atoms with Crippen LogP contribution < -0.4 is 5.32 Å². The van der Waals surface area contributed by atoms with Crippen molar-refractivity contribution >= 4 is 29.3 Å². The third-order valence-electron chi connectivity index (χ3n) is 2.59. The summed E-state index contributed by atoms with van der Waals surface area (Å²) in [6.07, 6.45) is 3.13. The lowest BCUT2D eigenvalue weighted by molar-refractivity contribution is 0.0696. The number of amides is 1. The fourth-order valence-electron chi connectivity index (χ4n) is 1.52. The number of pyridine rings is 1. The van der Waals surface area contributed by atoms with Crippen molar-refractivity contribution in [3.8, 4) is 0 Å². The summed E-state index contributed by atoms with van der Waals surface area (Å²) in [5.74, 6) is -1.45. The fourth-order valence-corrected chi connectivity index (χ4v) is 1.93. The third kappa shape index (κ3) is 3.36. The molecule has 1 aromatic carbocycles. The van der Waals surface area contributed by atoms with Gasteiger partial charge in [0.2, 0.25) is 0 Å². The van der Waals surface area contributed by atoms with E-state index >= 15 is 0 Å². The van der Waals surface area contributed by atoms with Gasteiger partial charge in [-0.1, -0.05) is 0 Å². The number of aromatic carboxylic acids is 1. The highest BCUT2D eigenvalue weighted by molar-refractivity contribution is 7.98. The summed E-state index contributed by atoms with van der Waals surface area (Å²) in [5.41, 5.74) is 0.881. The summed E-state index contributed by atoms with van der Waals surface area (Å²) < 4.78 is 0. The van der Waals surface area contributed by atoms with Gasteiger partial charge in [-0.05, 0) is 42.7 Å². The zero-order valence-corrected chi connectivity index (χ0v) is 11.5. The molecule has 0 bridgehead atoms. The number of nitrogens with one attached hydrogen (secondary N) is 1. The van der Waals surface area contributed by atoms with E-state index in [9.17, 15) is 9.59 Å². The number of anilines is 1. The minimum atomic E-state index is -1.07. The predicted octanol–water partition coefficient (Wildman–Crippen LogP) is 2.75. The molecule has 2 N–H and O–H groups in total. The number of carboxylic acid groups (broad SMARTS) is 1.